The van der Waals surface area contributed by atoms with Gasteiger partial charge in [0, 0.05) is 0 Å². The Morgan fingerprint density at radius 3 is 2.50 bits per heavy atom. The Morgan fingerprint density at radius 2 is 2.07 bits per heavy atom. The van der Waals surface area contributed by atoms with Gasteiger partial charge >= 0.3 is 5.97 Å². The van der Waals surface area contributed by atoms with Crippen molar-refractivity contribution >= 4 is 5.97 Å². The summed E-state index contributed by atoms with van der Waals surface area (Å²) < 4.78 is 0. The summed E-state index contributed by atoms with van der Waals surface area (Å²) in [4.78, 5) is 13.2. The molecule has 1 aliphatic rings. The van der Waals surface area contributed by atoms with Gasteiger partial charge in [-0.2, -0.15) is 0 Å². The maximum absolute atomic E-state index is 11.0. The minimum absolute atomic E-state index is 0.243. The first kappa shape index (κ1) is 11.5. The molecule has 3 heteroatoms. The van der Waals surface area contributed by atoms with Crippen molar-refractivity contribution < 1.29 is 9.90 Å². The first-order chi connectivity index (χ1) is 6.65. The van der Waals surface area contributed by atoms with Crippen LogP contribution >= 0.6 is 0 Å². The second-order valence-corrected chi connectivity index (χ2v) is 4.36. The predicted molar refractivity (Wildman–Crippen MR) is 56.3 cm³/mol. The zero-order chi connectivity index (χ0) is 10.6. The van der Waals surface area contributed by atoms with Crippen LogP contribution in [0.25, 0.3) is 0 Å². The first-order valence-corrected chi connectivity index (χ1v) is 5.62. The Morgan fingerprint density at radius 1 is 1.50 bits per heavy atom. The van der Waals surface area contributed by atoms with Crippen molar-refractivity contribution in [3.8, 4) is 0 Å². The van der Waals surface area contributed by atoms with Gasteiger partial charge in [-0.3, -0.25) is 9.69 Å². The Hall–Kier alpha value is -0.570. The van der Waals surface area contributed by atoms with Crippen LogP contribution in [-0.2, 0) is 4.79 Å². The van der Waals surface area contributed by atoms with Gasteiger partial charge in [-0.25, -0.2) is 0 Å². The molecule has 1 fully saturated rings. The molecule has 14 heavy (non-hydrogen) atoms. The standard InChI is InChI=1S/C11H21NO2/c1-3-4-10(11(13)14)12-7-5-9(2)6-8-12/h9-10H,3-8H2,1-2H3,(H,13,14)/t10-/m0/s1. The number of piperidine rings is 1. The minimum Gasteiger partial charge on any atom is -0.480 e. The summed E-state index contributed by atoms with van der Waals surface area (Å²) in [6.45, 7) is 6.20. The quantitative estimate of drug-likeness (QED) is 0.752. The third-order valence-corrected chi connectivity index (χ3v) is 3.11. The van der Waals surface area contributed by atoms with Gasteiger partial charge in [0.2, 0.25) is 0 Å². The summed E-state index contributed by atoms with van der Waals surface area (Å²) in [5, 5.41) is 9.08. The van der Waals surface area contributed by atoms with Crippen molar-refractivity contribution in [2.24, 2.45) is 5.92 Å². The van der Waals surface area contributed by atoms with E-state index in [1.165, 1.54) is 0 Å². The van der Waals surface area contributed by atoms with E-state index in [4.69, 9.17) is 5.11 Å². The molecular formula is C11H21NO2. The van der Waals surface area contributed by atoms with Crippen LogP contribution in [0.4, 0.5) is 0 Å². The number of carboxylic acid groups (broad SMARTS) is 1. The Labute approximate surface area is 86.1 Å². The number of carboxylic acids is 1. The van der Waals surface area contributed by atoms with E-state index in [1.54, 1.807) is 0 Å². The van der Waals surface area contributed by atoms with Crippen molar-refractivity contribution in [1.29, 1.82) is 0 Å². The third-order valence-electron chi connectivity index (χ3n) is 3.11. The fourth-order valence-corrected chi connectivity index (χ4v) is 2.08. The summed E-state index contributed by atoms with van der Waals surface area (Å²) in [6, 6.07) is -0.243. The molecule has 1 atom stereocenters. The molecule has 0 amide bonds. The molecule has 1 heterocycles. The largest absolute Gasteiger partial charge is 0.480 e. The average Bonchev–Trinajstić information content (AvgIpc) is 2.15. The number of nitrogens with zero attached hydrogens (tertiary/aromatic N) is 1. The van der Waals surface area contributed by atoms with Crippen LogP contribution in [0.5, 0.6) is 0 Å². The maximum atomic E-state index is 11.0. The highest BCUT2D eigenvalue weighted by molar-refractivity contribution is 5.73. The molecule has 0 radical (unpaired) electrons. The highest BCUT2D eigenvalue weighted by atomic mass is 16.4. The molecule has 0 aromatic carbocycles. The molecule has 1 saturated heterocycles. The maximum Gasteiger partial charge on any atom is 0.320 e. The smallest absolute Gasteiger partial charge is 0.320 e. The van der Waals surface area contributed by atoms with Crippen LogP contribution in [0.1, 0.15) is 39.5 Å². The normalized spacial score (nSPS) is 22.1. The highest BCUT2D eigenvalue weighted by Crippen LogP contribution is 2.19. The molecular weight excluding hydrogens is 178 g/mol. The molecule has 82 valence electrons. The molecule has 0 unspecified atom stereocenters. The monoisotopic (exact) mass is 199 g/mol. The van der Waals surface area contributed by atoms with Crippen molar-refractivity contribution in [3.05, 3.63) is 0 Å². The summed E-state index contributed by atoms with van der Waals surface area (Å²) >= 11 is 0. The fraction of sp³-hybridized carbons (Fsp3) is 0.909. The fourth-order valence-electron chi connectivity index (χ4n) is 2.08. The molecule has 0 aliphatic carbocycles. The van der Waals surface area contributed by atoms with Gasteiger partial charge in [0.15, 0.2) is 0 Å². The van der Waals surface area contributed by atoms with Crippen LogP contribution in [0.2, 0.25) is 0 Å². The van der Waals surface area contributed by atoms with Gasteiger partial charge in [0.25, 0.3) is 0 Å². The number of likely N-dealkylation sites (tertiary alicyclic amines) is 1. The van der Waals surface area contributed by atoms with E-state index in [9.17, 15) is 4.79 Å². The van der Waals surface area contributed by atoms with Gasteiger partial charge in [0.05, 0.1) is 0 Å². The lowest BCUT2D eigenvalue weighted by Gasteiger charge is -2.34. The highest BCUT2D eigenvalue weighted by Gasteiger charge is 2.27. The van der Waals surface area contributed by atoms with Crippen LogP contribution in [0, 0.1) is 5.92 Å². The second-order valence-electron chi connectivity index (χ2n) is 4.36. The topological polar surface area (TPSA) is 40.5 Å². The summed E-state index contributed by atoms with van der Waals surface area (Å²) in [5.74, 6) is 0.115. The van der Waals surface area contributed by atoms with Crippen molar-refractivity contribution in [2.75, 3.05) is 13.1 Å². The van der Waals surface area contributed by atoms with E-state index in [-0.39, 0.29) is 6.04 Å². The van der Waals surface area contributed by atoms with Crippen molar-refractivity contribution in [3.63, 3.8) is 0 Å². The zero-order valence-corrected chi connectivity index (χ0v) is 9.20. The number of hydrogen-bond acceptors (Lipinski definition) is 2. The van der Waals surface area contributed by atoms with E-state index in [0.717, 1.165) is 44.7 Å². The van der Waals surface area contributed by atoms with Gasteiger partial charge in [0.1, 0.15) is 6.04 Å². The number of rotatable bonds is 4. The second kappa shape index (κ2) is 5.35. The van der Waals surface area contributed by atoms with Gasteiger partial charge in [-0.1, -0.05) is 20.3 Å². The molecule has 0 aromatic heterocycles. The number of hydrogen-bond donors (Lipinski definition) is 1. The summed E-state index contributed by atoms with van der Waals surface area (Å²) in [7, 11) is 0. The molecule has 0 bridgehead atoms. The average molecular weight is 199 g/mol. The summed E-state index contributed by atoms with van der Waals surface area (Å²) in [6.07, 6.45) is 4.02. The Balaban J connectivity index is 2.47. The SMILES string of the molecule is CCC[C@@H](C(=O)O)N1CCC(C)CC1. The minimum atomic E-state index is -0.651. The van der Waals surface area contributed by atoms with Gasteiger partial charge in [-0.15, -0.1) is 0 Å². The molecule has 3 nitrogen and oxygen atoms in total. The molecule has 0 spiro atoms. The third kappa shape index (κ3) is 2.98. The van der Waals surface area contributed by atoms with Crippen LogP contribution < -0.4 is 0 Å². The lowest BCUT2D eigenvalue weighted by molar-refractivity contribution is -0.144. The van der Waals surface area contributed by atoms with E-state index < -0.39 is 5.97 Å². The van der Waals surface area contributed by atoms with Crippen molar-refractivity contribution in [2.45, 2.75) is 45.6 Å². The molecule has 1 aliphatic heterocycles. The van der Waals surface area contributed by atoms with Crippen LogP contribution in [-0.4, -0.2) is 35.1 Å². The zero-order valence-electron chi connectivity index (χ0n) is 9.20. The van der Waals surface area contributed by atoms with E-state index in [1.807, 2.05) is 6.92 Å². The van der Waals surface area contributed by atoms with Gasteiger partial charge < -0.3 is 5.11 Å². The molecule has 1 rings (SSSR count). The van der Waals surface area contributed by atoms with Crippen LogP contribution in [0.15, 0.2) is 0 Å². The van der Waals surface area contributed by atoms with E-state index in [0.29, 0.717) is 0 Å². The van der Waals surface area contributed by atoms with Crippen LogP contribution in [0.3, 0.4) is 0 Å². The van der Waals surface area contributed by atoms with E-state index in [2.05, 4.69) is 11.8 Å². The molecule has 0 saturated carbocycles. The lowest BCUT2D eigenvalue weighted by atomic mass is 9.97. The molecule has 1 N–H and O–H groups in total. The Bertz CT molecular complexity index is 186. The van der Waals surface area contributed by atoms with Gasteiger partial charge in [-0.05, 0) is 38.3 Å². The predicted octanol–water partition coefficient (Wildman–Crippen LogP) is 1.97. The molecule has 0 aromatic rings. The number of aliphatic carboxylic acids is 1. The first-order valence-electron chi connectivity index (χ1n) is 5.62. The van der Waals surface area contributed by atoms with Crippen molar-refractivity contribution in [1.82, 2.24) is 4.90 Å². The summed E-state index contributed by atoms with van der Waals surface area (Å²) in [5.41, 5.74) is 0. The lowest BCUT2D eigenvalue weighted by Crippen LogP contribution is -2.45. The van der Waals surface area contributed by atoms with E-state index >= 15 is 0 Å². The number of carbonyl (C=O) groups is 1. The Kier molecular flexibility index (Phi) is 4.39.